The summed E-state index contributed by atoms with van der Waals surface area (Å²) in [4.78, 5) is 0. The molecule has 0 aromatic carbocycles. The Labute approximate surface area is 112 Å². The smallest absolute Gasteiger partial charge is 0.379 e. The molecule has 20 heavy (non-hydrogen) atoms. The zero-order valence-electron chi connectivity index (χ0n) is 10.7. The molecule has 4 nitrogen and oxygen atoms in total. The van der Waals surface area contributed by atoms with Gasteiger partial charge in [-0.25, -0.2) is 0 Å². The molecule has 10 heteroatoms. The molecule has 0 aliphatic heterocycles. The Morgan fingerprint density at radius 3 is 1.25 bits per heavy atom. The molecule has 0 aliphatic carbocycles. The van der Waals surface area contributed by atoms with Crippen molar-refractivity contribution in [3.63, 3.8) is 0 Å². The molecular weight excluding hydrogens is 294 g/mol. The fraction of sp³-hybridized carbons (Fsp3) is 1.00. The molecule has 0 saturated carbocycles. The lowest BCUT2D eigenvalue weighted by Crippen LogP contribution is -2.88. The predicted molar refractivity (Wildman–Crippen MR) is 56.7 cm³/mol. The standard InChI is InChI=1S/C10H18F6N2O2/c11-9(12,13)7(19)5-17-3-1-2-4-18-6-8(20)10(14,15)16/h7-8,17-20H,1-6H2/p+2/t7-,8-/m1/s1. The number of unbranched alkanes of at least 4 members (excludes halogenated alkanes) is 1. The lowest BCUT2D eigenvalue weighted by Gasteiger charge is -2.13. The van der Waals surface area contributed by atoms with Gasteiger partial charge < -0.3 is 20.8 Å². The summed E-state index contributed by atoms with van der Waals surface area (Å²) >= 11 is 0. The van der Waals surface area contributed by atoms with Crippen LogP contribution >= 0.6 is 0 Å². The number of rotatable bonds is 9. The van der Waals surface area contributed by atoms with Crippen LogP contribution in [0, 0.1) is 0 Å². The number of hydrogen-bond donors (Lipinski definition) is 4. The summed E-state index contributed by atoms with van der Waals surface area (Å²) in [5.74, 6) is 0. The van der Waals surface area contributed by atoms with E-state index in [1.165, 1.54) is 10.6 Å². The largest absolute Gasteiger partial charge is 0.419 e. The topological polar surface area (TPSA) is 73.7 Å². The minimum absolute atomic E-state index is 0.350. The van der Waals surface area contributed by atoms with E-state index in [0.29, 0.717) is 25.9 Å². The molecule has 2 atom stereocenters. The summed E-state index contributed by atoms with van der Waals surface area (Å²) in [6, 6.07) is 0. The monoisotopic (exact) mass is 314 g/mol. The maximum absolute atomic E-state index is 11.9. The third kappa shape index (κ3) is 9.34. The van der Waals surface area contributed by atoms with Gasteiger partial charge in [0.2, 0.25) is 0 Å². The molecule has 0 bridgehead atoms. The summed E-state index contributed by atoms with van der Waals surface area (Å²) in [6.45, 7) is -0.272. The zero-order chi connectivity index (χ0) is 15.8. The number of hydrogen-bond acceptors (Lipinski definition) is 2. The minimum Gasteiger partial charge on any atom is -0.379 e. The summed E-state index contributed by atoms with van der Waals surface area (Å²) in [7, 11) is 0. The van der Waals surface area contributed by atoms with E-state index in [0.717, 1.165) is 0 Å². The molecule has 0 aliphatic rings. The number of alkyl halides is 6. The van der Waals surface area contributed by atoms with Crippen LogP contribution in [0.2, 0.25) is 0 Å². The number of nitrogens with two attached hydrogens (primary N) is 2. The Morgan fingerprint density at radius 1 is 0.700 bits per heavy atom. The Hall–Kier alpha value is -0.580. The molecular formula is C10H20F6N2O2+2. The van der Waals surface area contributed by atoms with Crippen molar-refractivity contribution in [2.45, 2.75) is 37.4 Å². The van der Waals surface area contributed by atoms with Gasteiger partial charge in [0.05, 0.1) is 13.1 Å². The molecule has 122 valence electrons. The van der Waals surface area contributed by atoms with E-state index in [1.807, 2.05) is 0 Å². The molecule has 0 aromatic rings. The van der Waals surface area contributed by atoms with Gasteiger partial charge in [-0.15, -0.1) is 0 Å². The summed E-state index contributed by atoms with van der Waals surface area (Å²) in [5.41, 5.74) is 0. The van der Waals surface area contributed by atoms with Gasteiger partial charge >= 0.3 is 12.4 Å². The van der Waals surface area contributed by atoms with Crippen molar-refractivity contribution < 1.29 is 47.2 Å². The lowest BCUT2D eigenvalue weighted by molar-refractivity contribution is -0.674. The van der Waals surface area contributed by atoms with Crippen LogP contribution in [-0.2, 0) is 0 Å². The van der Waals surface area contributed by atoms with E-state index in [4.69, 9.17) is 10.2 Å². The minimum atomic E-state index is -4.63. The SMILES string of the molecule is O[C@H](C[NH2+]CCCC[NH2+]C[C@@H](O)C(F)(F)F)C(F)(F)F. The predicted octanol–water partition coefficient (Wildman–Crippen LogP) is -1.26. The number of halogens is 6. The van der Waals surface area contributed by atoms with Gasteiger partial charge in [0.25, 0.3) is 0 Å². The van der Waals surface area contributed by atoms with Crippen molar-refractivity contribution in [3.05, 3.63) is 0 Å². The van der Waals surface area contributed by atoms with Gasteiger partial charge in [-0.05, 0) is 0 Å². The highest BCUT2D eigenvalue weighted by atomic mass is 19.4. The highest BCUT2D eigenvalue weighted by Crippen LogP contribution is 2.18. The average Bonchev–Trinajstić information content (AvgIpc) is 2.29. The van der Waals surface area contributed by atoms with E-state index in [-0.39, 0.29) is 0 Å². The summed E-state index contributed by atoms with van der Waals surface area (Å²) in [6.07, 6.45) is -12.9. The normalized spacial score (nSPS) is 16.2. The first-order valence-corrected chi connectivity index (χ1v) is 6.18. The van der Waals surface area contributed by atoms with Gasteiger partial charge in [-0.3, -0.25) is 0 Å². The first-order chi connectivity index (χ1) is 9.05. The van der Waals surface area contributed by atoms with E-state index in [2.05, 4.69) is 0 Å². The van der Waals surface area contributed by atoms with Crippen molar-refractivity contribution in [2.75, 3.05) is 26.2 Å². The van der Waals surface area contributed by atoms with Crippen LogP contribution in [0.5, 0.6) is 0 Å². The molecule has 0 amide bonds. The average molecular weight is 314 g/mol. The zero-order valence-corrected chi connectivity index (χ0v) is 10.7. The van der Waals surface area contributed by atoms with Crippen LogP contribution in [0.15, 0.2) is 0 Å². The molecule has 0 spiro atoms. The fourth-order valence-electron chi connectivity index (χ4n) is 1.40. The molecule has 0 unspecified atom stereocenters. The highest BCUT2D eigenvalue weighted by Gasteiger charge is 2.40. The van der Waals surface area contributed by atoms with Crippen LogP contribution in [0.1, 0.15) is 12.8 Å². The number of aliphatic hydroxyl groups excluding tert-OH is 2. The second-order valence-electron chi connectivity index (χ2n) is 4.45. The van der Waals surface area contributed by atoms with Crippen molar-refractivity contribution in [1.29, 1.82) is 0 Å². The lowest BCUT2D eigenvalue weighted by atomic mass is 10.2. The van der Waals surface area contributed by atoms with Crippen molar-refractivity contribution in [2.24, 2.45) is 0 Å². The van der Waals surface area contributed by atoms with Crippen LogP contribution in [0.3, 0.4) is 0 Å². The van der Waals surface area contributed by atoms with Gasteiger partial charge in [-0.1, -0.05) is 0 Å². The molecule has 0 fully saturated rings. The Balaban J connectivity index is 3.42. The first-order valence-electron chi connectivity index (χ1n) is 6.18. The van der Waals surface area contributed by atoms with Gasteiger partial charge in [-0.2, -0.15) is 26.3 Å². The summed E-state index contributed by atoms with van der Waals surface area (Å²) in [5, 5.41) is 20.0. The third-order valence-electron chi connectivity index (χ3n) is 2.60. The fourth-order valence-corrected chi connectivity index (χ4v) is 1.40. The van der Waals surface area contributed by atoms with E-state index in [1.54, 1.807) is 0 Å². The van der Waals surface area contributed by atoms with Gasteiger partial charge in [0.1, 0.15) is 13.1 Å². The third-order valence-corrected chi connectivity index (χ3v) is 2.60. The second kappa shape index (κ2) is 8.65. The van der Waals surface area contributed by atoms with Crippen LogP contribution < -0.4 is 10.6 Å². The Bertz CT molecular complexity index is 233. The molecule has 0 saturated heterocycles. The van der Waals surface area contributed by atoms with E-state index in [9.17, 15) is 26.3 Å². The highest BCUT2D eigenvalue weighted by molar-refractivity contribution is 4.62. The van der Waals surface area contributed by atoms with Gasteiger partial charge in [0, 0.05) is 12.8 Å². The maximum atomic E-state index is 11.9. The van der Waals surface area contributed by atoms with Gasteiger partial charge in [0.15, 0.2) is 12.2 Å². The Morgan fingerprint density at radius 2 is 1.00 bits per heavy atom. The van der Waals surface area contributed by atoms with Crippen molar-refractivity contribution >= 4 is 0 Å². The molecule has 0 radical (unpaired) electrons. The van der Waals surface area contributed by atoms with E-state index >= 15 is 0 Å². The molecule has 0 rings (SSSR count). The van der Waals surface area contributed by atoms with Crippen molar-refractivity contribution in [1.82, 2.24) is 0 Å². The maximum Gasteiger partial charge on any atom is 0.419 e. The van der Waals surface area contributed by atoms with Crippen LogP contribution in [0.25, 0.3) is 0 Å². The molecule has 0 heterocycles. The van der Waals surface area contributed by atoms with E-state index < -0.39 is 37.7 Å². The second-order valence-corrected chi connectivity index (χ2v) is 4.45. The van der Waals surface area contributed by atoms with Crippen LogP contribution in [0.4, 0.5) is 26.3 Å². The molecule has 6 N–H and O–H groups in total. The van der Waals surface area contributed by atoms with Crippen LogP contribution in [-0.4, -0.2) is 61.0 Å². The molecule has 0 aromatic heterocycles. The number of quaternary nitrogens is 2. The first kappa shape index (κ1) is 19.4. The summed E-state index contributed by atoms with van der Waals surface area (Å²) < 4.78 is 71.4. The number of aliphatic hydroxyl groups is 2. The quantitative estimate of drug-likeness (QED) is 0.317. The Kier molecular flexibility index (Phi) is 8.40. The van der Waals surface area contributed by atoms with Crippen molar-refractivity contribution in [3.8, 4) is 0 Å².